The summed E-state index contributed by atoms with van der Waals surface area (Å²) in [6, 6.07) is 10.7. The van der Waals surface area contributed by atoms with Gasteiger partial charge in [0.25, 0.3) is 0 Å². The predicted molar refractivity (Wildman–Crippen MR) is 81.5 cm³/mol. The van der Waals surface area contributed by atoms with E-state index in [0.717, 1.165) is 19.6 Å². The molecule has 4 nitrogen and oxygen atoms in total. The van der Waals surface area contributed by atoms with Gasteiger partial charge in [0.1, 0.15) is 6.04 Å². The third-order valence-corrected chi connectivity index (χ3v) is 3.96. The Labute approximate surface area is 121 Å². The van der Waals surface area contributed by atoms with E-state index in [2.05, 4.69) is 53.6 Å². The molecule has 0 aliphatic carbocycles. The number of piperazine rings is 1. The average Bonchev–Trinajstić information content (AvgIpc) is 2.48. The summed E-state index contributed by atoms with van der Waals surface area (Å²) in [4.78, 5) is 14.5. The standard InChI is InChI=1S/C16H25N3O/c1-12(2)15(13-7-5-4-6-8-13)19-10-9-18-11-14(19)16(20)17-3/h4-8,12,14-15,18H,9-11H2,1-3H3,(H,17,20). The van der Waals surface area contributed by atoms with Crippen LogP contribution in [0.25, 0.3) is 0 Å². The summed E-state index contributed by atoms with van der Waals surface area (Å²) in [5, 5.41) is 6.11. The van der Waals surface area contributed by atoms with Crippen LogP contribution in [0.4, 0.5) is 0 Å². The Balaban J connectivity index is 2.29. The van der Waals surface area contributed by atoms with Crippen LogP contribution in [0.1, 0.15) is 25.5 Å². The van der Waals surface area contributed by atoms with Crippen LogP contribution in [0.3, 0.4) is 0 Å². The maximum Gasteiger partial charge on any atom is 0.238 e. The predicted octanol–water partition coefficient (Wildman–Crippen LogP) is 1.40. The highest BCUT2D eigenvalue weighted by atomic mass is 16.2. The molecule has 110 valence electrons. The molecule has 1 aliphatic rings. The minimum Gasteiger partial charge on any atom is -0.358 e. The van der Waals surface area contributed by atoms with Crippen LogP contribution in [0.2, 0.25) is 0 Å². The molecule has 2 N–H and O–H groups in total. The van der Waals surface area contributed by atoms with Crippen molar-refractivity contribution in [2.45, 2.75) is 25.9 Å². The molecule has 0 radical (unpaired) electrons. The molecule has 0 saturated carbocycles. The lowest BCUT2D eigenvalue weighted by molar-refractivity contribution is -0.128. The molecule has 1 aliphatic heterocycles. The van der Waals surface area contributed by atoms with Crippen molar-refractivity contribution in [3.8, 4) is 0 Å². The molecule has 2 atom stereocenters. The quantitative estimate of drug-likeness (QED) is 0.873. The second-order valence-corrected chi connectivity index (χ2v) is 5.67. The van der Waals surface area contributed by atoms with Crippen LogP contribution in [0.15, 0.2) is 30.3 Å². The Kier molecular flexibility index (Phi) is 5.15. The molecule has 0 spiro atoms. The van der Waals surface area contributed by atoms with E-state index >= 15 is 0 Å². The van der Waals surface area contributed by atoms with Gasteiger partial charge >= 0.3 is 0 Å². The van der Waals surface area contributed by atoms with Crippen molar-refractivity contribution >= 4 is 5.91 Å². The van der Waals surface area contributed by atoms with Crippen molar-refractivity contribution in [3.63, 3.8) is 0 Å². The van der Waals surface area contributed by atoms with Crippen LogP contribution in [-0.2, 0) is 4.79 Å². The lowest BCUT2D eigenvalue weighted by Crippen LogP contribution is -2.58. The van der Waals surface area contributed by atoms with Gasteiger partial charge in [-0.3, -0.25) is 9.69 Å². The van der Waals surface area contributed by atoms with Gasteiger partial charge in [-0.25, -0.2) is 0 Å². The maximum absolute atomic E-state index is 12.1. The Hall–Kier alpha value is -1.39. The molecule has 0 aromatic heterocycles. The summed E-state index contributed by atoms with van der Waals surface area (Å²) in [6.45, 7) is 7.00. The van der Waals surface area contributed by atoms with E-state index in [1.807, 2.05) is 6.07 Å². The van der Waals surface area contributed by atoms with E-state index in [1.165, 1.54) is 5.56 Å². The molecule has 4 heteroatoms. The number of rotatable bonds is 4. The third-order valence-electron chi connectivity index (χ3n) is 3.96. The second-order valence-electron chi connectivity index (χ2n) is 5.67. The van der Waals surface area contributed by atoms with Gasteiger partial charge in [0.15, 0.2) is 0 Å². The zero-order valence-corrected chi connectivity index (χ0v) is 12.6. The Morgan fingerprint density at radius 2 is 2.05 bits per heavy atom. The van der Waals surface area contributed by atoms with E-state index < -0.39 is 0 Å². The van der Waals surface area contributed by atoms with Crippen LogP contribution in [0, 0.1) is 5.92 Å². The zero-order chi connectivity index (χ0) is 14.5. The lowest BCUT2D eigenvalue weighted by atomic mass is 9.92. The average molecular weight is 275 g/mol. The molecule has 0 bridgehead atoms. The molecule has 2 rings (SSSR count). The van der Waals surface area contributed by atoms with E-state index in [-0.39, 0.29) is 18.0 Å². The molecule has 1 heterocycles. The van der Waals surface area contributed by atoms with Crippen molar-refractivity contribution in [2.24, 2.45) is 5.92 Å². The summed E-state index contributed by atoms with van der Waals surface area (Å²) in [5.41, 5.74) is 1.29. The Morgan fingerprint density at radius 1 is 1.35 bits per heavy atom. The molecular weight excluding hydrogens is 250 g/mol. The Morgan fingerprint density at radius 3 is 2.65 bits per heavy atom. The fraction of sp³-hybridized carbons (Fsp3) is 0.562. The maximum atomic E-state index is 12.1. The third kappa shape index (κ3) is 3.19. The number of hydrogen-bond donors (Lipinski definition) is 2. The number of nitrogens with one attached hydrogen (secondary N) is 2. The summed E-state index contributed by atoms with van der Waals surface area (Å²) in [5.74, 6) is 0.557. The molecule has 20 heavy (non-hydrogen) atoms. The molecule has 1 saturated heterocycles. The van der Waals surface area contributed by atoms with Gasteiger partial charge in [-0.1, -0.05) is 44.2 Å². The molecule has 2 unspecified atom stereocenters. The number of carbonyl (C=O) groups is 1. The van der Waals surface area contributed by atoms with Crippen LogP contribution < -0.4 is 10.6 Å². The van der Waals surface area contributed by atoms with Gasteiger partial charge in [-0.2, -0.15) is 0 Å². The highest BCUT2D eigenvalue weighted by molar-refractivity contribution is 5.81. The van der Waals surface area contributed by atoms with Gasteiger partial charge in [0.2, 0.25) is 5.91 Å². The zero-order valence-electron chi connectivity index (χ0n) is 12.6. The number of benzene rings is 1. The molecule has 1 amide bonds. The number of likely N-dealkylation sites (N-methyl/N-ethyl adjacent to an activating group) is 1. The highest BCUT2D eigenvalue weighted by Gasteiger charge is 2.35. The highest BCUT2D eigenvalue weighted by Crippen LogP contribution is 2.30. The van der Waals surface area contributed by atoms with Gasteiger partial charge in [-0.05, 0) is 11.5 Å². The smallest absolute Gasteiger partial charge is 0.238 e. The van der Waals surface area contributed by atoms with Gasteiger partial charge in [0.05, 0.1) is 0 Å². The minimum atomic E-state index is -0.0960. The van der Waals surface area contributed by atoms with E-state index in [0.29, 0.717) is 5.92 Å². The lowest BCUT2D eigenvalue weighted by Gasteiger charge is -2.42. The summed E-state index contributed by atoms with van der Waals surface area (Å²) < 4.78 is 0. The minimum absolute atomic E-state index is 0.0960. The summed E-state index contributed by atoms with van der Waals surface area (Å²) in [6.07, 6.45) is 0. The van der Waals surface area contributed by atoms with Crippen molar-refractivity contribution in [1.82, 2.24) is 15.5 Å². The number of carbonyl (C=O) groups excluding carboxylic acids is 1. The fourth-order valence-corrected chi connectivity index (χ4v) is 3.07. The number of amides is 1. The van der Waals surface area contributed by atoms with E-state index in [1.54, 1.807) is 7.05 Å². The first kappa shape index (κ1) is 15.0. The first-order valence-corrected chi connectivity index (χ1v) is 7.38. The van der Waals surface area contributed by atoms with Gasteiger partial charge < -0.3 is 10.6 Å². The largest absolute Gasteiger partial charge is 0.358 e. The summed E-state index contributed by atoms with van der Waals surface area (Å²) >= 11 is 0. The van der Waals surface area contributed by atoms with Crippen molar-refractivity contribution in [3.05, 3.63) is 35.9 Å². The van der Waals surface area contributed by atoms with Crippen LogP contribution in [0.5, 0.6) is 0 Å². The molecule has 1 aromatic rings. The normalized spacial score (nSPS) is 21.7. The monoisotopic (exact) mass is 275 g/mol. The SMILES string of the molecule is CNC(=O)C1CNCCN1C(c1ccccc1)C(C)C. The van der Waals surface area contributed by atoms with Crippen molar-refractivity contribution in [1.29, 1.82) is 0 Å². The Bertz CT molecular complexity index is 433. The summed E-state index contributed by atoms with van der Waals surface area (Å²) in [7, 11) is 1.71. The van der Waals surface area contributed by atoms with Crippen molar-refractivity contribution in [2.75, 3.05) is 26.7 Å². The molecule has 1 aromatic carbocycles. The van der Waals surface area contributed by atoms with E-state index in [9.17, 15) is 4.79 Å². The number of nitrogens with zero attached hydrogens (tertiary/aromatic N) is 1. The fourth-order valence-electron chi connectivity index (χ4n) is 3.07. The molecule has 1 fully saturated rings. The van der Waals surface area contributed by atoms with Gasteiger partial charge in [-0.15, -0.1) is 0 Å². The topological polar surface area (TPSA) is 44.4 Å². The first-order valence-electron chi connectivity index (χ1n) is 7.38. The van der Waals surface area contributed by atoms with Crippen molar-refractivity contribution < 1.29 is 4.79 Å². The molecular formula is C16H25N3O. The van der Waals surface area contributed by atoms with E-state index in [4.69, 9.17) is 0 Å². The first-order chi connectivity index (χ1) is 9.65. The van der Waals surface area contributed by atoms with Crippen LogP contribution >= 0.6 is 0 Å². The van der Waals surface area contributed by atoms with Gasteiger partial charge in [0, 0.05) is 32.7 Å². The number of hydrogen-bond acceptors (Lipinski definition) is 3. The van der Waals surface area contributed by atoms with Crippen LogP contribution in [-0.4, -0.2) is 43.5 Å². The second kappa shape index (κ2) is 6.86.